The van der Waals surface area contributed by atoms with Gasteiger partial charge >= 0.3 is 0 Å². The van der Waals surface area contributed by atoms with E-state index in [-0.39, 0.29) is 0 Å². The number of hydrogen-bond acceptors (Lipinski definition) is 2. The largest absolute Gasteiger partial charge is 0.370 e. The van der Waals surface area contributed by atoms with E-state index in [2.05, 4.69) is 30.7 Å². The minimum atomic E-state index is 0.506. The third kappa shape index (κ3) is 1.70. The van der Waals surface area contributed by atoms with Gasteiger partial charge in [0, 0.05) is 0 Å². The summed E-state index contributed by atoms with van der Waals surface area (Å²) in [6.07, 6.45) is 2.21. The summed E-state index contributed by atoms with van der Waals surface area (Å²) < 4.78 is 5.39. The molecule has 0 radical (unpaired) electrons. The topological polar surface area (TPSA) is 12.5 Å². The van der Waals surface area contributed by atoms with Crippen LogP contribution in [0.3, 0.4) is 0 Å². The second-order valence-electron chi connectivity index (χ2n) is 3.57. The van der Waals surface area contributed by atoms with Gasteiger partial charge in [-0.1, -0.05) is 6.92 Å². The average molecular weight is 182 g/mol. The second kappa shape index (κ2) is 3.19. The number of hydrogen-bond donors (Lipinski definition) is 0. The minimum Gasteiger partial charge on any atom is -0.370 e. The first kappa shape index (κ1) is 8.27. The van der Waals surface area contributed by atoms with Crippen molar-refractivity contribution in [3.05, 3.63) is 22.4 Å². The van der Waals surface area contributed by atoms with Crippen molar-refractivity contribution in [2.24, 2.45) is 0 Å². The summed E-state index contributed by atoms with van der Waals surface area (Å²) in [6.45, 7) is 4.42. The summed E-state index contributed by atoms with van der Waals surface area (Å²) in [7, 11) is 0. The highest BCUT2D eigenvalue weighted by atomic mass is 32.1. The van der Waals surface area contributed by atoms with E-state index in [0.717, 1.165) is 0 Å². The quantitative estimate of drug-likeness (QED) is 0.655. The minimum absolute atomic E-state index is 0.506. The first-order chi connectivity index (χ1) is 5.77. The van der Waals surface area contributed by atoms with E-state index in [1.807, 2.05) is 0 Å². The van der Waals surface area contributed by atoms with Crippen molar-refractivity contribution < 1.29 is 4.74 Å². The molecule has 2 rings (SSSR count). The highest BCUT2D eigenvalue weighted by Gasteiger charge is 2.35. The summed E-state index contributed by atoms with van der Waals surface area (Å²) in [5.41, 5.74) is 1.46. The Kier molecular flexibility index (Phi) is 2.20. The van der Waals surface area contributed by atoms with Gasteiger partial charge in [0.2, 0.25) is 0 Å². The molecule has 1 fully saturated rings. The molecule has 1 nitrogen and oxygen atoms in total. The summed E-state index contributed by atoms with van der Waals surface area (Å²) in [6, 6.07) is 2.21. The van der Waals surface area contributed by atoms with Crippen LogP contribution in [0.4, 0.5) is 0 Å². The summed E-state index contributed by atoms with van der Waals surface area (Å²) in [5, 5.41) is 4.38. The lowest BCUT2D eigenvalue weighted by molar-refractivity contribution is 0.362. The standard InChI is InChI=1S/C10H14OS/c1-7(5-10-8(2)11-10)9-3-4-12-6-9/h3-4,6-8,10H,5H2,1-2H3. The van der Waals surface area contributed by atoms with Crippen LogP contribution >= 0.6 is 11.3 Å². The number of thiophene rings is 1. The Morgan fingerprint density at radius 2 is 2.42 bits per heavy atom. The molecule has 0 aromatic carbocycles. The van der Waals surface area contributed by atoms with Crippen molar-refractivity contribution >= 4 is 11.3 Å². The Bertz CT molecular complexity index is 242. The molecular weight excluding hydrogens is 168 g/mol. The Labute approximate surface area is 77.4 Å². The SMILES string of the molecule is CC(CC1OC1C)c1ccsc1. The predicted octanol–water partition coefficient (Wildman–Crippen LogP) is 3.03. The molecule has 0 saturated carbocycles. The van der Waals surface area contributed by atoms with Gasteiger partial charge in [-0.25, -0.2) is 0 Å². The maximum Gasteiger partial charge on any atom is 0.0844 e. The molecule has 3 unspecified atom stereocenters. The van der Waals surface area contributed by atoms with E-state index >= 15 is 0 Å². The molecule has 1 aromatic heterocycles. The maximum atomic E-state index is 5.39. The average Bonchev–Trinajstić information content (AvgIpc) is 2.58. The molecule has 1 aliphatic rings. The van der Waals surface area contributed by atoms with Gasteiger partial charge in [-0.15, -0.1) is 0 Å². The predicted molar refractivity (Wildman–Crippen MR) is 51.7 cm³/mol. The van der Waals surface area contributed by atoms with Crippen molar-refractivity contribution in [1.29, 1.82) is 0 Å². The van der Waals surface area contributed by atoms with Gasteiger partial charge in [0.25, 0.3) is 0 Å². The second-order valence-corrected chi connectivity index (χ2v) is 4.35. The van der Waals surface area contributed by atoms with Crippen LogP contribution in [0.25, 0.3) is 0 Å². The molecule has 2 heteroatoms. The summed E-state index contributed by atoms with van der Waals surface area (Å²) >= 11 is 1.78. The molecule has 0 N–H and O–H groups in total. The smallest absolute Gasteiger partial charge is 0.0844 e. The Balaban J connectivity index is 1.89. The fraction of sp³-hybridized carbons (Fsp3) is 0.600. The lowest BCUT2D eigenvalue weighted by Gasteiger charge is -2.06. The van der Waals surface area contributed by atoms with E-state index in [4.69, 9.17) is 4.74 Å². The lowest BCUT2D eigenvalue weighted by atomic mass is 9.98. The van der Waals surface area contributed by atoms with E-state index in [0.29, 0.717) is 18.1 Å². The summed E-state index contributed by atoms with van der Waals surface area (Å²) in [5.74, 6) is 0.659. The van der Waals surface area contributed by atoms with Crippen molar-refractivity contribution in [3.63, 3.8) is 0 Å². The highest BCUT2D eigenvalue weighted by molar-refractivity contribution is 7.07. The van der Waals surface area contributed by atoms with Gasteiger partial charge < -0.3 is 4.74 Å². The Morgan fingerprint density at radius 1 is 1.67 bits per heavy atom. The molecule has 1 aromatic rings. The lowest BCUT2D eigenvalue weighted by Crippen LogP contribution is -1.98. The Hall–Kier alpha value is -0.340. The Morgan fingerprint density at radius 3 is 2.92 bits per heavy atom. The molecule has 3 atom stereocenters. The molecule has 0 spiro atoms. The van der Waals surface area contributed by atoms with Crippen molar-refractivity contribution in [2.45, 2.75) is 38.4 Å². The number of epoxide rings is 1. The van der Waals surface area contributed by atoms with Crippen LogP contribution < -0.4 is 0 Å². The van der Waals surface area contributed by atoms with Gasteiger partial charge in [0.15, 0.2) is 0 Å². The third-order valence-electron chi connectivity index (χ3n) is 2.53. The van der Waals surface area contributed by atoms with Crippen LogP contribution in [0, 0.1) is 0 Å². The number of rotatable bonds is 3. The highest BCUT2D eigenvalue weighted by Crippen LogP contribution is 2.32. The van der Waals surface area contributed by atoms with E-state index in [1.54, 1.807) is 11.3 Å². The van der Waals surface area contributed by atoms with E-state index in [1.165, 1.54) is 12.0 Å². The zero-order chi connectivity index (χ0) is 8.55. The van der Waals surface area contributed by atoms with Crippen LogP contribution in [0.5, 0.6) is 0 Å². The fourth-order valence-electron chi connectivity index (χ4n) is 1.52. The molecule has 0 bridgehead atoms. The fourth-order valence-corrected chi connectivity index (χ4v) is 2.30. The first-order valence-electron chi connectivity index (χ1n) is 4.45. The molecule has 0 aliphatic carbocycles. The normalized spacial score (nSPS) is 30.2. The van der Waals surface area contributed by atoms with Gasteiger partial charge in [-0.2, -0.15) is 11.3 Å². The molecule has 2 heterocycles. The monoisotopic (exact) mass is 182 g/mol. The first-order valence-corrected chi connectivity index (χ1v) is 5.39. The van der Waals surface area contributed by atoms with Gasteiger partial charge in [0.1, 0.15) is 0 Å². The zero-order valence-electron chi connectivity index (χ0n) is 7.49. The molecule has 66 valence electrons. The third-order valence-corrected chi connectivity index (χ3v) is 3.24. The molecule has 12 heavy (non-hydrogen) atoms. The van der Waals surface area contributed by atoms with Crippen molar-refractivity contribution in [1.82, 2.24) is 0 Å². The van der Waals surface area contributed by atoms with Crippen LogP contribution in [-0.2, 0) is 4.74 Å². The van der Waals surface area contributed by atoms with E-state index < -0.39 is 0 Å². The van der Waals surface area contributed by atoms with E-state index in [9.17, 15) is 0 Å². The van der Waals surface area contributed by atoms with Gasteiger partial charge in [-0.3, -0.25) is 0 Å². The van der Waals surface area contributed by atoms with Crippen LogP contribution in [-0.4, -0.2) is 12.2 Å². The van der Waals surface area contributed by atoms with Crippen molar-refractivity contribution in [2.75, 3.05) is 0 Å². The van der Waals surface area contributed by atoms with Crippen LogP contribution in [0.2, 0.25) is 0 Å². The van der Waals surface area contributed by atoms with Crippen molar-refractivity contribution in [3.8, 4) is 0 Å². The zero-order valence-corrected chi connectivity index (χ0v) is 8.30. The molecular formula is C10H14OS. The van der Waals surface area contributed by atoms with Gasteiger partial charge in [-0.05, 0) is 41.7 Å². The number of ether oxygens (including phenoxy) is 1. The molecule has 1 saturated heterocycles. The molecule has 1 aliphatic heterocycles. The van der Waals surface area contributed by atoms with Crippen LogP contribution in [0.1, 0.15) is 31.7 Å². The summed E-state index contributed by atoms with van der Waals surface area (Å²) in [4.78, 5) is 0. The van der Waals surface area contributed by atoms with Crippen LogP contribution in [0.15, 0.2) is 16.8 Å². The van der Waals surface area contributed by atoms with Gasteiger partial charge in [0.05, 0.1) is 12.2 Å². The maximum absolute atomic E-state index is 5.39. The molecule has 0 amide bonds.